The number of hydrogen-bond acceptors (Lipinski definition) is 2. The minimum atomic E-state index is -0.00178. The highest BCUT2D eigenvalue weighted by atomic mass is 127. The number of phenolic OH excluding ortho intramolecular Hbond substituents is 1. The van der Waals surface area contributed by atoms with Crippen LogP contribution in [0.2, 0.25) is 0 Å². The fourth-order valence-electron chi connectivity index (χ4n) is 1.79. The monoisotopic (exact) mass is 367 g/mol. The van der Waals surface area contributed by atoms with Crippen molar-refractivity contribution in [1.82, 2.24) is 4.90 Å². The number of nitrogens with zero attached hydrogens (tertiary/aromatic N) is 1. The molecule has 0 saturated carbocycles. The Labute approximate surface area is 126 Å². The topological polar surface area (TPSA) is 40.5 Å². The van der Waals surface area contributed by atoms with Crippen LogP contribution in [0, 0.1) is 3.57 Å². The summed E-state index contributed by atoms with van der Waals surface area (Å²) >= 11 is 2.16. The van der Waals surface area contributed by atoms with Gasteiger partial charge in [-0.1, -0.05) is 24.3 Å². The minimum Gasteiger partial charge on any atom is -0.508 e. The van der Waals surface area contributed by atoms with Crippen LogP contribution in [0.5, 0.6) is 5.75 Å². The van der Waals surface area contributed by atoms with Crippen molar-refractivity contribution in [3.05, 3.63) is 63.2 Å². The third kappa shape index (κ3) is 3.47. The van der Waals surface area contributed by atoms with Crippen LogP contribution < -0.4 is 0 Å². The van der Waals surface area contributed by atoms with Crippen LogP contribution in [-0.4, -0.2) is 23.0 Å². The number of carbonyl (C=O) groups excluding carboxylic acids is 1. The summed E-state index contributed by atoms with van der Waals surface area (Å²) in [6.07, 6.45) is 0. The van der Waals surface area contributed by atoms with E-state index in [1.54, 1.807) is 24.1 Å². The molecule has 0 atom stereocenters. The molecule has 0 saturated heterocycles. The number of halogens is 1. The van der Waals surface area contributed by atoms with E-state index in [9.17, 15) is 9.90 Å². The zero-order valence-electron chi connectivity index (χ0n) is 10.5. The van der Waals surface area contributed by atoms with Gasteiger partial charge in [0.25, 0.3) is 5.91 Å². The van der Waals surface area contributed by atoms with Gasteiger partial charge in [0.2, 0.25) is 0 Å². The minimum absolute atomic E-state index is 0.00178. The van der Waals surface area contributed by atoms with Gasteiger partial charge >= 0.3 is 0 Å². The molecule has 3 nitrogen and oxygen atoms in total. The molecule has 19 heavy (non-hydrogen) atoms. The highest BCUT2D eigenvalue weighted by molar-refractivity contribution is 14.1. The van der Waals surface area contributed by atoms with Crippen molar-refractivity contribution in [1.29, 1.82) is 0 Å². The number of rotatable bonds is 3. The van der Waals surface area contributed by atoms with Gasteiger partial charge < -0.3 is 10.0 Å². The summed E-state index contributed by atoms with van der Waals surface area (Å²) in [6, 6.07) is 14.4. The van der Waals surface area contributed by atoms with Gasteiger partial charge in [-0.25, -0.2) is 0 Å². The van der Waals surface area contributed by atoms with E-state index in [0.29, 0.717) is 12.1 Å². The predicted molar refractivity (Wildman–Crippen MR) is 83.1 cm³/mol. The number of carbonyl (C=O) groups is 1. The molecule has 0 bridgehead atoms. The Morgan fingerprint density at radius 2 is 1.79 bits per heavy atom. The number of benzene rings is 2. The predicted octanol–water partition coefficient (Wildman–Crippen LogP) is 3.27. The molecular weight excluding hydrogens is 353 g/mol. The van der Waals surface area contributed by atoms with Crippen LogP contribution in [0.4, 0.5) is 0 Å². The van der Waals surface area contributed by atoms with E-state index in [2.05, 4.69) is 22.6 Å². The van der Waals surface area contributed by atoms with Gasteiger partial charge in [0.1, 0.15) is 5.75 Å². The lowest BCUT2D eigenvalue weighted by atomic mass is 10.1. The normalized spacial score (nSPS) is 10.2. The molecule has 1 N–H and O–H groups in total. The Morgan fingerprint density at radius 3 is 2.42 bits per heavy atom. The van der Waals surface area contributed by atoms with Crippen molar-refractivity contribution in [2.24, 2.45) is 0 Å². The highest BCUT2D eigenvalue weighted by Gasteiger charge is 2.14. The fourth-order valence-corrected chi connectivity index (χ4v) is 2.41. The molecule has 2 aromatic carbocycles. The van der Waals surface area contributed by atoms with Crippen molar-refractivity contribution >= 4 is 28.5 Å². The van der Waals surface area contributed by atoms with E-state index < -0.39 is 0 Å². The summed E-state index contributed by atoms with van der Waals surface area (Å²) in [4.78, 5) is 14.0. The van der Waals surface area contributed by atoms with Crippen LogP contribution in [0.25, 0.3) is 0 Å². The summed E-state index contributed by atoms with van der Waals surface area (Å²) in [5.74, 6) is 0.230. The molecule has 0 aromatic heterocycles. The second-order valence-corrected chi connectivity index (χ2v) is 5.47. The summed E-state index contributed by atoms with van der Waals surface area (Å²) in [7, 11) is 1.78. The molecule has 0 aliphatic carbocycles. The molecule has 0 radical (unpaired) electrons. The van der Waals surface area contributed by atoms with E-state index in [0.717, 1.165) is 9.13 Å². The van der Waals surface area contributed by atoms with Crippen LogP contribution in [0.15, 0.2) is 48.5 Å². The van der Waals surface area contributed by atoms with E-state index in [1.807, 2.05) is 36.4 Å². The first-order valence-corrected chi connectivity index (χ1v) is 6.93. The zero-order chi connectivity index (χ0) is 13.8. The van der Waals surface area contributed by atoms with Crippen LogP contribution in [0.1, 0.15) is 15.9 Å². The second kappa shape index (κ2) is 6.06. The van der Waals surface area contributed by atoms with E-state index in [-0.39, 0.29) is 11.7 Å². The Hall–Kier alpha value is -1.56. The van der Waals surface area contributed by atoms with Crippen LogP contribution >= 0.6 is 22.6 Å². The molecule has 0 heterocycles. The van der Waals surface area contributed by atoms with Crippen molar-refractivity contribution in [2.75, 3.05) is 7.05 Å². The average Bonchev–Trinajstić information content (AvgIpc) is 2.41. The van der Waals surface area contributed by atoms with Gasteiger partial charge in [0.05, 0.1) is 5.56 Å². The first-order chi connectivity index (χ1) is 9.08. The van der Waals surface area contributed by atoms with E-state index >= 15 is 0 Å². The van der Waals surface area contributed by atoms with Gasteiger partial charge in [-0.15, -0.1) is 0 Å². The standard InChI is InChI=1S/C15H14INO2/c1-17(10-11-6-8-12(18)9-7-11)15(19)13-4-2-3-5-14(13)16/h2-9,18H,10H2,1H3. The molecular formula is C15H14INO2. The maximum Gasteiger partial charge on any atom is 0.254 e. The molecule has 4 heteroatoms. The highest BCUT2D eigenvalue weighted by Crippen LogP contribution is 2.16. The molecule has 0 aliphatic heterocycles. The van der Waals surface area contributed by atoms with Gasteiger partial charge in [-0.05, 0) is 52.4 Å². The second-order valence-electron chi connectivity index (χ2n) is 4.31. The largest absolute Gasteiger partial charge is 0.508 e. The lowest BCUT2D eigenvalue weighted by Crippen LogP contribution is -2.26. The molecule has 0 fully saturated rings. The summed E-state index contributed by atoms with van der Waals surface area (Å²) < 4.78 is 0.947. The molecule has 0 spiro atoms. The quantitative estimate of drug-likeness (QED) is 0.846. The molecule has 2 aromatic rings. The number of amides is 1. The first kappa shape index (κ1) is 13.9. The molecule has 0 unspecified atom stereocenters. The average molecular weight is 367 g/mol. The fraction of sp³-hybridized carbons (Fsp3) is 0.133. The van der Waals surface area contributed by atoms with Crippen LogP contribution in [0.3, 0.4) is 0 Å². The van der Waals surface area contributed by atoms with E-state index in [4.69, 9.17) is 0 Å². The third-order valence-electron chi connectivity index (χ3n) is 2.81. The first-order valence-electron chi connectivity index (χ1n) is 5.86. The smallest absolute Gasteiger partial charge is 0.254 e. The number of phenols is 1. The van der Waals surface area contributed by atoms with Gasteiger partial charge in [-0.2, -0.15) is 0 Å². The van der Waals surface area contributed by atoms with Crippen molar-refractivity contribution < 1.29 is 9.90 Å². The Kier molecular flexibility index (Phi) is 4.42. The maximum atomic E-state index is 12.3. The molecule has 0 aliphatic rings. The lowest BCUT2D eigenvalue weighted by Gasteiger charge is -2.18. The van der Waals surface area contributed by atoms with Gasteiger partial charge in [0.15, 0.2) is 0 Å². The SMILES string of the molecule is CN(Cc1ccc(O)cc1)C(=O)c1ccccc1I. The summed E-state index contributed by atoms with van der Waals surface area (Å²) in [6.45, 7) is 0.518. The van der Waals surface area contributed by atoms with Gasteiger partial charge in [-0.3, -0.25) is 4.79 Å². The Bertz CT molecular complexity index is 581. The molecule has 98 valence electrons. The molecule has 2 rings (SSSR count). The van der Waals surface area contributed by atoms with E-state index in [1.165, 1.54) is 0 Å². The lowest BCUT2D eigenvalue weighted by molar-refractivity contribution is 0.0784. The van der Waals surface area contributed by atoms with Crippen molar-refractivity contribution in [2.45, 2.75) is 6.54 Å². The van der Waals surface area contributed by atoms with Gasteiger partial charge in [0, 0.05) is 17.2 Å². The number of hydrogen-bond donors (Lipinski definition) is 1. The Balaban J connectivity index is 2.12. The van der Waals surface area contributed by atoms with Crippen molar-refractivity contribution in [3.8, 4) is 5.75 Å². The summed E-state index contributed by atoms with van der Waals surface area (Å²) in [5, 5.41) is 9.23. The van der Waals surface area contributed by atoms with Crippen molar-refractivity contribution in [3.63, 3.8) is 0 Å². The molecule has 1 amide bonds. The van der Waals surface area contributed by atoms with Crippen LogP contribution in [-0.2, 0) is 6.54 Å². The maximum absolute atomic E-state index is 12.3. The Morgan fingerprint density at radius 1 is 1.16 bits per heavy atom. The third-order valence-corrected chi connectivity index (χ3v) is 3.75. The summed E-state index contributed by atoms with van der Waals surface area (Å²) in [5.41, 5.74) is 1.70. The number of aromatic hydroxyl groups is 1. The zero-order valence-corrected chi connectivity index (χ0v) is 12.7.